The number of carbonyl (C=O) groups is 1. The van der Waals surface area contributed by atoms with Gasteiger partial charge in [-0.2, -0.15) is 5.10 Å². The Balaban J connectivity index is 1.46. The number of fused-ring (bicyclic) bond motifs is 2. The van der Waals surface area contributed by atoms with Crippen molar-refractivity contribution < 1.29 is 14.8 Å². The van der Waals surface area contributed by atoms with Crippen LogP contribution in [0.3, 0.4) is 0 Å². The van der Waals surface area contributed by atoms with Crippen LogP contribution in [-0.2, 0) is 11.8 Å². The maximum absolute atomic E-state index is 13.3. The smallest absolute Gasteiger partial charge is 0.258 e. The highest BCUT2D eigenvalue weighted by molar-refractivity contribution is 6.12. The summed E-state index contributed by atoms with van der Waals surface area (Å²) in [6, 6.07) is 3.91. The first-order chi connectivity index (χ1) is 16.0. The summed E-state index contributed by atoms with van der Waals surface area (Å²) in [5, 5.41) is 22.1. The number of hydrogen-bond acceptors (Lipinski definition) is 6. The highest BCUT2D eigenvalue weighted by Crippen LogP contribution is 2.35. The molecule has 9 nitrogen and oxygen atoms in total. The number of aryl methyl sites for hydroxylation is 1. The number of aromatic nitrogens is 2. The van der Waals surface area contributed by atoms with E-state index in [-0.39, 0.29) is 5.91 Å². The van der Waals surface area contributed by atoms with Gasteiger partial charge >= 0.3 is 0 Å². The summed E-state index contributed by atoms with van der Waals surface area (Å²) in [5.41, 5.74) is 3.91. The summed E-state index contributed by atoms with van der Waals surface area (Å²) in [5.74, 6) is 1.56. The Labute approximate surface area is 192 Å². The fourth-order valence-electron chi connectivity index (χ4n) is 5.09. The summed E-state index contributed by atoms with van der Waals surface area (Å²) in [6.45, 7) is 4.20. The van der Waals surface area contributed by atoms with Gasteiger partial charge in [0.15, 0.2) is 0 Å². The van der Waals surface area contributed by atoms with Crippen LogP contribution in [0.1, 0.15) is 10.4 Å². The number of hydrogen-bond donors (Lipinski definition) is 4. The molecule has 2 aliphatic heterocycles. The Hall–Kier alpha value is -3.43. The van der Waals surface area contributed by atoms with Crippen molar-refractivity contribution in [3.63, 3.8) is 0 Å². The number of allylic oxidation sites excluding steroid dienone is 3. The van der Waals surface area contributed by atoms with Gasteiger partial charge in [0.2, 0.25) is 0 Å². The van der Waals surface area contributed by atoms with Gasteiger partial charge < -0.3 is 25.6 Å². The van der Waals surface area contributed by atoms with E-state index in [1.165, 1.54) is 7.11 Å². The molecule has 33 heavy (non-hydrogen) atoms. The lowest BCUT2D eigenvalue weighted by molar-refractivity contribution is -0.556. The minimum atomic E-state index is -0.254. The molecular weight excluding hydrogens is 418 g/mol. The number of carbonyl (C=O) groups excluding carboxylic acids is 1. The molecular formula is C24H30N7O2+. The van der Waals surface area contributed by atoms with Gasteiger partial charge in [0.1, 0.15) is 17.5 Å². The molecule has 2 unspecified atom stereocenters. The number of anilines is 1. The number of ether oxygens (including phenoxy) is 1. The lowest BCUT2D eigenvalue weighted by Crippen LogP contribution is -2.73. The lowest BCUT2D eigenvalue weighted by atomic mass is 10.0. The standard InChI is InChI=1S/C24H29N7O2/c1-26-8-14-6-20(22(33-3)7-19(14)25)28-24(32)17-4-5-21(18-13-30(2)29-23(17)18)31-11-15-9-27-10-16(15)12-31/h4-8,13,15-16,25-27H,9-12H2,1-3H3,(H,28,32)/p+1/b14-8-,25-19?. The van der Waals surface area contributed by atoms with Crippen LogP contribution in [0.25, 0.3) is 10.9 Å². The Kier molecular flexibility index (Phi) is 5.51. The van der Waals surface area contributed by atoms with Crippen LogP contribution in [0, 0.1) is 17.2 Å². The maximum atomic E-state index is 13.3. The predicted octanol–water partition coefficient (Wildman–Crippen LogP) is 0.483. The van der Waals surface area contributed by atoms with Gasteiger partial charge in [-0.15, -0.1) is 0 Å². The van der Waals surface area contributed by atoms with Crippen molar-refractivity contribution in [1.29, 1.82) is 5.41 Å². The zero-order valence-corrected chi connectivity index (χ0v) is 19.2. The van der Waals surface area contributed by atoms with Gasteiger partial charge in [0, 0.05) is 56.6 Å². The van der Waals surface area contributed by atoms with E-state index in [9.17, 15) is 4.79 Å². The van der Waals surface area contributed by atoms with Crippen molar-refractivity contribution in [3.8, 4) is 0 Å². The van der Waals surface area contributed by atoms with Crippen LogP contribution in [0.15, 0.2) is 53.7 Å². The maximum Gasteiger partial charge on any atom is 0.258 e. The molecule has 1 amide bonds. The molecule has 2 fully saturated rings. The molecule has 0 saturated carbocycles. The van der Waals surface area contributed by atoms with E-state index in [1.54, 1.807) is 16.8 Å². The summed E-state index contributed by atoms with van der Waals surface area (Å²) < 4.78 is 7.19. The Bertz CT molecular complexity index is 1210. The Morgan fingerprint density at radius 1 is 1.30 bits per heavy atom. The second-order valence-corrected chi connectivity index (χ2v) is 8.87. The molecule has 5 rings (SSSR count). The van der Waals surface area contributed by atoms with E-state index in [2.05, 4.69) is 20.6 Å². The lowest BCUT2D eigenvalue weighted by Gasteiger charge is -2.21. The van der Waals surface area contributed by atoms with Gasteiger partial charge in [-0.1, -0.05) is 0 Å². The average Bonchev–Trinajstić information content (AvgIpc) is 3.49. The van der Waals surface area contributed by atoms with Crippen LogP contribution < -0.4 is 20.9 Å². The molecule has 9 heteroatoms. The van der Waals surface area contributed by atoms with Gasteiger partial charge in [-0.25, -0.2) is 0 Å². The molecule has 5 N–H and O–H groups in total. The van der Waals surface area contributed by atoms with Crippen LogP contribution in [0.5, 0.6) is 0 Å². The monoisotopic (exact) mass is 448 g/mol. The molecule has 3 aliphatic rings. The van der Waals surface area contributed by atoms with Crippen molar-refractivity contribution in [1.82, 2.24) is 20.4 Å². The molecule has 0 bridgehead atoms. The highest BCUT2D eigenvalue weighted by Gasteiger charge is 2.37. The third-order valence-corrected chi connectivity index (χ3v) is 6.71. The van der Waals surface area contributed by atoms with Gasteiger partial charge in [0.25, 0.3) is 5.91 Å². The van der Waals surface area contributed by atoms with E-state index < -0.39 is 0 Å². The SMILES string of the molecule is C[NH2+]/C=C1/C=C(NC(=O)c2ccc(N3CC4CNCC4C3)c3cn(C)nc23)C(OC)=CC1=N. The van der Waals surface area contributed by atoms with E-state index in [1.807, 2.05) is 43.9 Å². The topological polar surface area (TPSA) is 112 Å². The molecule has 2 saturated heterocycles. The van der Waals surface area contributed by atoms with Gasteiger partial charge in [-0.3, -0.25) is 14.9 Å². The Morgan fingerprint density at radius 3 is 2.76 bits per heavy atom. The molecule has 2 aromatic rings. The molecule has 1 aromatic carbocycles. The van der Waals surface area contributed by atoms with E-state index in [4.69, 9.17) is 10.1 Å². The zero-order valence-electron chi connectivity index (χ0n) is 19.2. The van der Waals surface area contributed by atoms with Crippen LogP contribution >= 0.6 is 0 Å². The first-order valence-electron chi connectivity index (χ1n) is 11.3. The minimum absolute atomic E-state index is 0.254. The van der Waals surface area contributed by atoms with Crippen molar-refractivity contribution in [2.75, 3.05) is 45.2 Å². The molecule has 1 aromatic heterocycles. The normalized spacial score (nSPS) is 23.7. The molecule has 0 radical (unpaired) electrons. The van der Waals surface area contributed by atoms with Gasteiger partial charge in [-0.05, 0) is 30.0 Å². The number of nitrogens with one attached hydrogen (secondary N) is 3. The number of quaternary nitrogens is 1. The number of nitrogens with zero attached hydrogens (tertiary/aromatic N) is 3. The number of benzene rings is 1. The first kappa shape index (κ1) is 21.4. The summed E-state index contributed by atoms with van der Waals surface area (Å²) >= 11 is 0. The molecule has 1 aliphatic carbocycles. The number of methoxy groups -OCH3 is 1. The second-order valence-electron chi connectivity index (χ2n) is 8.87. The molecule has 3 heterocycles. The molecule has 0 spiro atoms. The van der Waals surface area contributed by atoms with Crippen molar-refractivity contribution in [3.05, 3.63) is 59.3 Å². The fraction of sp³-hybridized carbons (Fsp3) is 0.375. The number of amides is 1. The zero-order chi connectivity index (χ0) is 23.1. The molecule has 2 atom stereocenters. The van der Waals surface area contributed by atoms with Crippen molar-refractivity contribution in [2.24, 2.45) is 18.9 Å². The van der Waals surface area contributed by atoms with Crippen LogP contribution in [0.2, 0.25) is 0 Å². The van der Waals surface area contributed by atoms with E-state index in [0.717, 1.165) is 37.3 Å². The van der Waals surface area contributed by atoms with Crippen LogP contribution in [0.4, 0.5) is 5.69 Å². The predicted molar refractivity (Wildman–Crippen MR) is 127 cm³/mol. The molecule has 172 valence electrons. The minimum Gasteiger partial charge on any atom is -0.494 e. The summed E-state index contributed by atoms with van der Waals surface area (Å²) in [6.07, 6.45) is 7.21. The number of rotatable bonds is 5. The van der Waals surface area contributed by atoms with Crippen LogP contribution in [-0.4, -0.2) is 61.7 Å². The summed E-state index contributed by atoms with van der Waals surface area (Å²) in [7, 11) is 5.31. The quantitative estimate of drug-likeness (QED) is 0.532. The second kappa shape index (κ2) is 8.49. The van der Waals surface area contributed by atoms with E-state index >= 15 is 0 Å². The largest absolute Gasteiger partial charge is 0.494 e. The van der Waals surface area contributed by atoms with Gasteiger partial charge in [0.05, 0.1) is 36.7 Å². The van der Waals surface area contributed by atoms with E-state index in [0.29, 0.717) is 45.7 Å². The third kappa shape index (κ3) is 3.83. The number of nitrogens with two attached hydrogens (primary N) is 1. The first-order valence-corrected chi connectivity index (χ1v) is 11.3. The van der Waals surface area contributed by atoms with Crippen molar-refractivity contribution >= 4 is 28.2 Å². The summed E-state index contributed by atoms with van der Waals surface area (Å²) in [4.78, 5) is 15.8. The fourth-order valence-corrected chi connectivity index (χ4v) is 5.09. The third-order valence-electron chi connectivity index (χ3n) is 6.71. The average molecular weight is 449 g/mol. The highest BCUT2D eigenvalue weighted by atomic mass is 16.5. The van der Waals surface area contributed by atoms with Crippen molar-refractivity contribution in [2.45, 2.75) is 0 Å². The Morgan fingerprint density at radius 2 is 2.06 bits per heavy atom.